The smallest absolute Gasteiger partial charge is 0.246 e. The van der Waals surface area contributed by atoms with Gasteiger partial charge < -0.3 is 14.5 Å². The van der Waals surface area contributed by atoms with Gasteiger partial charge in [-0.25, -0.2) is 0 Å². The second-order valence-corrected chi connectivity index (χ2v) is 8.12. The van der Waals surface area contributed by atoms with E-state index < -0.39 is 0 Å². The Labute approximate surface area is 169 Å². The highest BCUT2D eigenvalue weighted by Gasteiger charge is 2.30. The van der Waals surface area contributed by atoms with Gasteiger partial charge in [0.25, 0.3) is 0 Å². The molecule has 0 aliphatic carbocycles. The van der Waals surface area contributed by atoms with Crippen molar-refractivity contribution in [3.63, 3.8) is 0 Å². The summed E-state index contributed by atoms with van der Waals surface area (Å²) in [6.07, 6.45) is 8.36. The molecule has 2 heterocycles. The van der Waals surface area contributed by atoms with Crippen LogP contribution >= 0.6 is 15.9 Å². The molecule has 0 atom stereocenters. The first kappa shape index (κ1) is 19.9. The number of carbonyl (C=O) groups is 2. The number of piperidine rings is 2. The molecule has 0 aromatic heterocycles. The number of hydrogen-bond acceptors (Lipinski definition) is 3. The van der Waals surface area contributed by atoms with Gasteiger partial charge in [0.05, 0.1) is 7.11 Å². The van der Waals surface area contributed by atoms with Crippen LogP contribution in [0, 0.1) is 5.92 Å². The van der Waals surface area contributed by atoms with E-state index in [0.29, 0.717) is 13.1 Å². The van der Waals surface area contributed by atoms with Crippen molar-refractivity contribution in [3.8, 4) is 5.75 Å². The molecule has 0 saturated carbocycles. The number of rotatable bonds is 4. The van der Waals surface area contributed by atoms with E-state index in [1.54, 1.807) is 19.3 Å². The summed E-state index contributed by atoms with van der Waals surface area (Å²) < 4.78 is 6.27. The number of benzene rings is 1. The number of hydrogen-bond donors (Lipinski definition) is 0. The molecule has 1 aromatic rings. The zero-order chi connectivity index (χ0) is 19.2. The van der Waals surface area contributed by atoms with Gasteiger partial charge in [-0.05, 0) is 56.4 Å². The first-order valence-electron chi connectivity index (χ1n) is 9.68. The van der Waals surface area contributed by atoms with Crippen molar-refractivity contribution in [2.45, 2.75) is 32.1 Å². The molecule has 2 saturated heterocycles. The second kappa shape index (κ2) is 9.40. The van der Waals surface area contributed by atoms with Gasteiger partial charge in [0.15, 0.2) is 0 Å². The van der Waals surface area contributed by atoms with Gasteiger partial charge in [-0.1, -0.05) is 15.9 Å². The average molecular weight is 435 g/mol. The Kier molecular flexibility index (Phi) is 6.94. The number of carbonyl (C=O) groups excluding carboxylic acids is 2. The second-order valence-electron chi connectivity index (χ2n) is 7.21. The summed E-state index contributed by atoms with van der Waals surface area (Å²) >= 11 is 3.44. The van der Waals surface area contributed by atoms with E-state index in [-0.39, 0.29) is 17.7 Å². The summed E-state index contributed by atoms with van der Waals surface area (Å²) in [6, 6.07) is 5.69. The number of amides is 2. The molecule has 2 amide bonds. The largest absolute Gasteiger partial charge is 0.496 e. The van der Waals surface area contributed by atoms with Crippen LogP contribution in [0.5, 0.6) is 5.75 Å². The Balaban J connectivity index is 1.54. The van der Waals surface area contributed by atoms with Gasteiger partial charge in [0.2, 0.25) is 11.8 Å². The third kappa shape index (κ3) is 5.12. The van der Waals surface area contributed by atoms with E-state index in [2.05, 4.69) is 15.9 Å². The molecular formula is C21H27BrN2O3. The summed E-state index contributed by atoms with van der Waals surface area (Å²) in [4.78, 5) is 29.0. The summed E-state index contributed by atoms with van der Waals surface area (Å²) in [7, 11) is 1.62. The van der Waals surface area contributed by atoms with Crippen molar-refractivity contribution >= 4 is 33.8 Å². The third-order valence-electron chi connectivity index (χ3n) is 5.42. The van der Waals surface area contributed by atoms with Gasteiger partial charge in [0, 0.05) is 48.2 Å². The van der Waals surface area contributed by atoms with Crippen LogP contribution in [0.25, 0.3) is 6.08 Å². The Morgan fingerprint density at radius 3 is 2.44 bits per heavy atom. The van der Waals surface area contributed by atoms with Gasteiger partial charge in [-0.15, -0.1) is 0 Å². The molecule has 5 nitrogen and oxygen atoms in total. The van der Waals surface area contributed by atoms with Crippen molar-refractivity contribution in [2.75, 3.05) is 33.3 Å². The molecule has 0 unspecified atom stereocenters. The fourth-order valence-electron chi connectivity index (χ4n) is 3.82. The van der Waals surface area contributed by atoms with Gasteiger partial charge >= 0.3 is 0 Å². The highest BCUT2D eigenvalue weighted by molar-refractivity contribution is 9.10. The van der Waals surface area contributed by atoms with Gasteiger partial charge in [-0.3, -0.25) is 9.59 Å². The van der Waals surface area contributed by atoms with Crippen molar-refractivity contribution in [3.05, 3.63) is 34.3 Å². The van der Waals surface area contributed by atoms with Crippen molar-refractivity contribution in [2.24, 2.45) is 5.92 Å². The zero-order valence-corrected chi connectivity index (χ0v) is 17.4. The van der Waals surface area contributed by atoms with Crippen LogP contribution in [0.3, 0.4) is 0 Å². The Morgan fingerprint density at radius 2 is 1.78 bits per heavy atom. The van der Waals surface area contributed by atoms with E-state index in [4.69, 9.17) is 4.74 Å². The minimum absolute atomic E-state index is 0.0131. The van der Waals surface area contributed by atoms with Gasteiger partial charge in [-0.2, -0.15) is 0 Å². The molecule has 27 heavy (non-hydrogen) atoms. The summed E-state index contributed by atoms with van der Waals surface area (Å²) in [5.41, 5.74) is 0.857. The lowest BCUT2D eigenvalue weighted by Crippen LogP contribution is -2.45. The van der Waals surface area contributed by atoms with Crippen molar-refractivity contribution < 1.29 is 14.3 Å². The molecule has 0 spiro atoms. The number of likely N-dealkylation sites (tertiary alicyclic amines) is 2. The quantitative estimate of drug-likeness (QED) is 0.678. The lowest BCUT2D eigenvalue weighted by Gasteiger charge is -2.35. The topological polar surface area (TPSA) is 49.9 Å². The molecule has 1 aromatic carbocycles. The summed E-state index contributed by atoms with van der Waals surface area (Å²) in [5.74, 6) is 1.08. The Hall–Kier alpha value is -1.82. The predicted molar refractivity (Wildman–Crippen MR) is 109 cm³/mol. The molecule has 6 heteroatoms. The monoisotopic (exact) mass is 434 g/mol. The average Bonchev–Trinajstić information content (AvgIpc) is 2.72. The van der Waals surface area contributed by atoms with E-state index in [9.17, 15) is 9.59 Å². The maximum atomic E-state index is 12.6. The third-order valence-corrected chi connectivity index (χ3v) is 5.91. The van der Waals surface area contributed by atoms with Gasteiger partial charge in [0.1, 0.15) is 5.75 Å². The SMILES string of the molecule is COc1ccc(Br)cc1/C=C/C(=O)N1CCC(C(=O)N2CCCCC2)CC1. The number of ether oxygens (including phenoxy) is 1. The minimum atomic E-state index is -0.0131. The fraction of sp³-hybridized carbons (Fsp3) is 0.524. The maximum Gasteiger partial charge on any atom is 0.246 e. The molecule has 2 fully saturated rings. The molecular weight excluding hydrogens is 408 g/mol. The van der Waals surface area contributed by atoms with Crippen LogP contribution in [-0.2, 0) is 9.59 Å². The molecule has 0 N–H and O–H groups in total. The van der Waals surface area contributed by atoms with Crippen LogP contribution in [0.4, 0.5) is 0 Å². The van der Waals surface area contributed by atoms with Crippen LogP contribution in [0.2, 0.25) is 0 Å². The highest BCUT2D eigenvalue weighted by Crippen LogP contribution is 2.25. The lowest BCUT2D eigenvalue weighted by atomic mass is 9.94. The van der Waals surface area contributed by atoms with Crippen molar-refractivity contribution in [1.29, 1.82) is 0 Å². The molecule has 2 aliphatic rings. The molecule has 0 bridgehead atoms. The predicted octanol–water partition coefficient (Wildman–Crippen LogP) is 3.72. The van der Waals surface area contributed by atoms with E-state index >= 15 is 0 Å². The van der Waals surface area contributed by atoms with Crippen LogP contribution in [-0.4, -0.2) is 54.9 Å². The van der Waals surface area contributed by atoms with E-state index in [0.717, 1.165) is 54.6 Å². The molecule has 0 radical (unpaired) electrons. The summed E-state index contributed by atoms with van der Waals surface area (Å²) in [6.45, 7) is 3.08. The lowest BCUT2D eigenvalue weighted by molar-refractivity contribution is -0.140. The van der Waals surface area contributed by atoms with Crippen molar-refractivity contribution in [1.82, 2.24) is 9.80 Å². The zero-order valence-electron chi connectivity index (χ0n) is 15.8. The fourth-order valence-corrected chi connectivity index (χ4v) is 4.20. The molecule has 146 valence electrons. The molecule has 3 rings (SSSR count). The number of nitrogens with zero attached hydrogens (tertiary/aromatic N) is 2. The Bertz CT molecular complexity index is 705. The highest BCUT2D eigenvalue weighted by atomic mass is 79.9. The first-order chi connectivity index (χ1) is 13.1. The minimum Gasteiger partial charge on any atom is -0.496 e. The maximum absolute atomic E-state index is 12.6. The van der Waals surface area contributed by atoms with Crippen LogP contribution in [0.1, 0.15) is 37.7 Å². The van der Waals surface area contributed by atoms with Crippen LogP contribution < -0.4 is 4.74 Å². The van der Waals surface area contributed by atoms with E-state index in [1.807, 2.05) is 28.0 Å². The first-order valence-corrected chi connectivity index (χ1v) is 10.5. The number of halogens is 1. The standard InChI is InChI=1S/C21H27BrN2O3/c1-27-19-7-6-18(22)15-17(19)5-8-20(25)23-13-9-16(10-14-23)21(26)24-11-3-2-4-12-24/h5-8,15-16H,2-4,9-14H2,1H3/b8-5+. The number of methoxy groups -OCH3 is 1. The van der Waals surface area contributed by atoms with Crippen LogP contribution in [0.15, 0.2) is 28.7 Å². The van der Waals surface area contributed by atoms with E-state index in [1.165, 1.54) is 6.42 Å². The normalized spacial score (nSPS) is 18.7. The molecule has 2 aliphatic heterocycles. The Morgan fingerprint density at radius 1 is 1.07 bits per heavy atom. The summed E-state index contributed by atoms with van der Waals surface area (Å²) in [5, 5.41) is 0.